The van der Waals surface area contributed by atoms with Gasteiger partial charge in [0.25, 0.3) is 11.8 Å². The molecule has 0 saturated heterocycles. The molecule has 0 unspecified atom stereocenters. The van der Waals surface area contributed by atoms with Gasteiger partial charge in [0.2, 0.25) is 21.9 Å². The number of alkyl halides is 3. The molecule has 48 heavy (non-hydrogen) atoms. The monoisotopic (exact) mass is 705 g/mol. The molecule has 254 valence electrons. The number of anilines is 3. The minimum absolute atomic E-state index is 0.00459. The lowest BCUT2D eigenvalue weighted by Gasteiger charge is -2.20. The third-order valence-corrected chi connectivity index (χ3v) is 11.1. The number of rotatable bonds is 13. The van der Waals surface area contributed by atoms with Crippen LogP contribution in [-0.2, 0) is 20.4 Å². The van der Waals surface area contributed by atoms with Crippen molar-refractivity contribution in [1.82, 2.24) is 25.0 Å². The molecule has 4 aliphatic carbocycles. The van der Waals surface area contributed by atoms with Gasteiger partial charge in [0, 0.05) is 16.3 Å². The van der Waals surface area contributed by atoms with Gasteiger partial charge in [-0.25, -0.2) is 8.42 Å². The minimum Gasteiger partial charge on any atom is -0.454 e. The van der Waals surface area contributed by atoms with Crippen LogP contribution >= 0.6 is 11.6 Å². The smallest absolute Gasteiger partial charge is 0.422 e. The molecule has 0 radical (unpaired) electrons. The summed E-state index contributed by atoms with van der Waals surface area (Å²) in [6.07, 6.45) is 0.0527. The van der Waals surface area contributed by atoms with E-state index in [1.54, 1.807) is 12.1 Å². The Bertz CT molecular complexity index is 1850. The summed E-state index contributed by atoms with van der Waals surface area (Å²) < 4.78 is 70.7. The van der Waals surface area contributed by atoms with Crippen LogP contribution in [0.25, 0.3) is 0 Å². The van der Waals surface area contributed by atoms with Crippen LogP contribution in [0.4, 0.5) is 30.8 Å². The van der Waals surface area contributed by atoms with Gasteiger partial charge in [-0.1, -0.05) is 23.7 Å². The number of amides is 2. The van der Waals surface area contributed by atoms with Crippen molar-refractivity contribution < 1.29 is 35.9 Å². The zero-order chi connectivity index (χ0) is 33.9. The quantitative estimate of drug-likeness (QED) is 0.194. The number of carbonyl (C=O) groups is 2. The highest BCUT2D eigenvalue weighted by molar-refractivity contribution is 7.91. The second kappa shape index (κ2) is 11.8. The molecule has 1 aromatic heterocycles. The van der Waals surface area contributed by atoms with Crippen molar-refractivity contribution in [2.45, 2.75) is 67.4 Å². The Labute approximate surface area is 278 Å². The van der Waals surface area contributed by atoms with Gasteiger partial charge >= 0.3 is 12.2 Å². The highest BCUT2D eigenvalue weighted by Crippen LogP contribution is 2.57. The zero-order valence-electron chi connectivity index (χ0n) is 25.3. The van der Waals surface area contributed by atoms with Crippen LogP contribution in [0, 0.1) is 11.8 Å². The van der Waals surface area contributed by atoms with Gasteiger partial charge < -0.3 is 20.7 Å². The van der Waals surface area contributed by atoms with Crippen LogP contribution in [0.3, 0.4) is 0 Å². The summed E-state index contributed by atoms with van der Waals surface area (Å²) in [5.41, 5.74) is -0.300. The first-order valence-corrected chi connectivity index (χ1v) is 17.4. The van der Waals surface area contributed by atoms with Crippen molar-refractivity contribution in [3.8, 4) is 6.01 Å². The van der Waals surface area contributed by atoms with Gasteiger partial charge in [-0.05, 0) is 98.7 Å². The normalized spacial score (nSPS) is 22.7. The largest absolute Gasteiger partial charge is 0.454 e. The lowest BCUT2D eigenvalue weighted by Crippen LogP contribution is -2.52. The van der Waals surface area contributed by atoms with E-state index in [0.29, 0.717) is 30.0 Å². The van der Waals surface area contributed by atoms with Crippen molar-refractivity contribution in [1.29, 1.82) is 0 Å². The first-order chi connectivity index (χ1) is 22.7. The topological polar surface area (TPSA) is 164 Å². The summed E-state index contributed by atoms with van der Waals surface area (Å²) in [5, 5.41) is 8.89. The molecule has 4 saturated carbocycles. The number of hydrogen-bond acceptors (Lipinski definition) is 10. The average Bonchev–Trinajstić information content (AvgIpc) is 3.83. The van der Waals surface area contributed by atoms with Crippen molar-refractivity contribution >= 4 is 51.0 Å². The fourth-order valence-corrected chi connectivity index (χ4v) is 7.37. The molecule has 0 aliphatic heterocycles. The van der Waals surface area contributed by atoms with Gasteiger partial charge in [-0.2, -0.15) is 28.1 Å². The van der Waals surface area contributed by atoms with E-state index in [-0.39, 0.29) is 29.3 Å². The molecule has 0 spiro atoms. The van der Waals surface area contributed by atoms with Crippen molar-refractivity contribution in [2.75, 3.05) is 17.2 Å². The van der Waals surface area contributed by atoms with Crippen LogP contribution in [0.1, 0.15) is 60.9 Å². The molecule has 2 aromatic carbocycles. The molecule has 17 heteroatoms. The third kappa shape index (κ3) is 7.14. The summed E-state index contributed by atoms with van der Waals surface area (Å²) in [6, 6.07) is 12.7. The predicted octanol–water partition coefficient (Wildman–Crippen LogP) is 4.82. The molecule has 12 nitrogen and oxygen atoms in total. The van der Waals surface area contributed by atoms with Crippen LogP contribution in [0.2, 0.25) is 5.02 Å². The summed E-state index contributed by atoms with van der Waals surface area (Å²) in [6.45, 7) is -1.60. The molecule has 4 fully saturated rings. The molecule has 2 amide bonds. The minimum atomic E-state index is -4.62. The van der Waals surface area contributed by atoms with E-state index in [0.717, 1.165) is 31.2 Å². The Morgan fingerprint density at radius 3 is 2.21 bits per heavy atom. The zero-order valence-corrected chi connectivity index (χ0v) is 26.9. The van der Waals surface area contributed by atoms with E-state index in [9.17, 15) is 31.2 Å². The maximum absolute atomic E-state index is 13.3. The molecule has 4 aliphatic rings. The molecule has 0 bridgehead atoms. The number of carbonyl (C=O) groups excluding carboxylic acids is 2. The standard InChI is InChI=1S/C31H31ClF3N7O5S/c32-20-7-5-19(6-8-20)29(13-14-29)41-27-37-26(38-28(39-27)47-16-31(33,34)35)36-21-9-3-18(4-10-21)24(43)40-30(15-23(30)17-1-2-17)25(44)42-48(45,46)22-11-12-22/h3-10,17,22-23H,1-2,11-16H2,(H,40,43)(H,42,44)(H2,36,37,38,39,41)/t23-,30+/m0/s1. The molecule has 2 atom stereocenters. The third-order valence-electron chi connectivity index (χ3n) is 9.03. The van der Waals surface area contributed by atoms with Crippen LogP contribution < -0.4 is 25.4 Å². The van der Waals surface area contributed by atoms with E-state index in [2.05, 4.69) is 35.6 Å². The Morgan fingerprint density at radius 1 is 0.938 bits per heavy atom. The second-order valence-corrected chi connectivity index (χ2v) is 15.2. The number of ether oxygens (including phenoxy) is 1. The number of benzene rings is 2. The molecule has 1 heterocycles. The van der Waals surface area contributed by atoms with E-state index < -0.39 is 57.0 Å². The summed E-state index contributed by atoms with van der Waals surface area (Å²) in [7, 11) is -3.78. The van der Waals surface area contributed by atoms with E-state index in [1.165, 1.54) is 24.3 Å². The van der Waals surface area contributed by atoms with Gasteiger partial charge in [-0.3, -0.25) is 14.3 Å². The Balaban J connectivity index is 1.06. The van der Waals surface area contributed by atoms with Gasteiger partial charge in [0.15, 0.2) is 6.61 Å². The summed E-state index contributed by atoms with van der Waals surface area (Å²) in [5.74, 6) is -1.23. The molecule has 3 aromatic rings. The van der Waals surface area contributed by atoms with Gasteiger partial charge in [0.1, 0.15) is 5.54 Å². The number of halogens is 4. The Hall–Kier alpha value is -4.18. The number of nitrogens with one attached hydrogen (secondary N) is 4. The lowest BCUT2D eigenvalue weighted by molar-refractivity contribution is -0.154. The van der Waals surface area contributed by atoms with Gasteiger partial charge in [-0.15, -0.1) is 0 Å². The Kier molecular flexibility index (Phi) is 7.93. The van der Waals surface area contributed by atoms with E-state index in [1.807, 2.05) is 12.1 Å². The van der Waals surface area contributed by atoms with E-state index >= 15 is 0 Å². The average molecular weight is 706 g/mol. The summed E-state index contributed by atoms with van der Waals surface area (Å²) >= 11 is 6.03. The summed E-state index contributed by atoms with van der Waals surface area (Å²) in [4.78, 5) is 38.8. The molecular formula is C31H31ClF3N7O5S. The second-order valence-electron chi connectivity index (χ2n) is 12.8. The fourth-order valence-electron chi connectivity index (χ4n) is 5.88. The number of sulfonamides is 1. The number of nitrogens with zero attached hydrogens (tertiary/aromatic N) is 3. The molecule has 4 N–H and O–H groups in total. The highest BCUT2D eigenvalue weighted by Gasteiger charge is 2.66. The van der Waals surface area contributed by atoms with Crippen molar-refractivity contribution in [3.05, 3.63) is 64.7 Å². The predicted molar refractivity (Wildman–Crippen MR) is 168 cm³/mol. The van der Waals surface area contributed by atoms with Crippen LogP contribution in [0.5, 0.6) is 6.01 Å². The van der Waals surface area contributed by atoms with Crippen molar-refractivity contribution in [3.63, 3.8) is 0 Å². The van der Waals surface area contributed by atoms with Crippen LogP contribution in [-0.4, -0.2) is 58.8 Å². The van der Waals surface area contributed by atoms with Gasteiger partial charge in [0.05, 0.1) is 10.8 Å². The van der Waals surface area contributed by atoms with Crippen molar-refractivity contribution in [2.24, 2.45) is 11.8 Å². The first-order valence-electron chi connectivity index (χ1n) is 15.5. The highest BCUT2D eigenvalue weighted by atomic mass is 35.5. The fraction of sp³-hybridized carbons (Fsp3) is 0.452. The molecule has 7 rings (SSSR count). The molecular weight excluding hydrogens is 675 g/mol. The van der Waals surface area contributed by atoms with Crippen LogP contribution in [0.15, 0.2) is 48.5 Å². The maximum atomic E-state index is 13.3. The maximum Gasteiger partial charge on any atom is 0.422 e. The first kappa shape index (κ1) is 32.4. The lowest BCUT2D eigenvalue weighted by atomic mass is 10.1. The van der Waals surface area contributed by atoms with E-state index in [4.69, 9.17) is 16.3 Å². The SMILES string of the molecule is O=C(N[C@]1(C(=O)NS(=O)(=O)C2CC2)C[C@H]1C1CC1)c1ccc(Nc2nc(NC3(c4ccc(Cl)cc4)CC3)nc(OCC(F)(F)F)n2)cc1. The number of aromatic nitrogens is 3. The number of hydrogen-bond donors (Lipinski definition) is 4. The Morgan fingerprint density at radius 2 is 1.60 bits per heavy atom.